The molecule has 2 rings (SSSR count). The van der Waals surface area contributed by atoms with Crippen molar-refractivity contribution >= 4 is 17.4 Å². The number of nitro benzene ring substituents is 1. The van der Waals surface area contributed by atoms with E-state index < -0.39 is 17.0 Å². The second kappa shape index (κ2) is 6.83. The number of ketones is 1. The van der Waals surface area contributed by atoms with E-state index in [1.807, 2.05) is 6.92 Å². The molecule has 0 N–H and O–H groups in total. The summed E-state index contributed by atoms with van der Waals surface area (Å²) in [6.45, 7) is 3.37. The second-order valence-electron chi connectivity index (χ2n) is 5.09. The van der Waals surface area contributed by atoms with Gasteiger partial charge in [-0.2, -0.15) is 0 Å². The third kappa shape index (κ3) is 4.00. The number of benzene rings is 2. The van der Waals surface area contributed by atoms with Gasteiger partial charge in [0.25, 0.3) is 5.69 Å². The number of carbonyl (C=O) groups excluding carboxylic acids is 2. The van der Waals surface area contributed by atoms with E-state index in [1.54, 1.807) is 24.3 Å². The van der Waals surface area contributed by atoms with Crippen molar-refractivity contribution in [2.45, 2.75) is 20.0 Å². The van der Waals surface area contributed by atoms with Gasteiger partial charge in [0.05, 0.1) is 10.5 Å². The maximum atomic E-state index is 12.2. The van der Waals surface area contributed by atoms with Gasteiger partial charge in [-0.05, 0) is 19.9 Å². The molecule has 0 saturated carbocycles. The Kier molecular flexibility index (Phi) is 4.85. The third-order valence-corrected chi connectivity index (χ3v) is 3.28. The summed E-state index contributed by atoms with van der Waals surface area (Å²) in [6, 6.07) is 12.1. The molecule has 0 aromatic heterocycles. The maximum absolute atomic E-state index is 12.2. The minimum atomic E-state index is -0.982. The molecule has 0 radical (unpaired) electrons. The number of aryl methyl sites for hydroxylation is 1. The lowest BCUT2D eigenvalue weighted by molar-refractivity contribution is -0.384. The van der Waals surface area contributed by atoms with Crippen LogP contribution in [-0.2, 0) is 4.74 Å². The molecule has 23 heavy (non-hydrogen) atoms. The second-order valence-corrected chi connectivity index (χ2v) is 5.09. The lowest BCUT2D eigenvalue weighted by atomic mass is 10.1. The Bertz CT molecular complexity index is 752. The van der Waals surface area contributed by atoms with Crippen molar-refractivity contribution in [1.29, 1.82) is 0 Å². The first-order valence-electron chi connectivity index (χ1n) is 6.95. The predicted molar refractivity (Wildman–Crippen MR) is 83.5 cm³/mol. The molecule has 0 spiro atoms. The van der Waals surface area contributed by atoms with Crippen LogP contribution in [0.4, 0.5) is 5.69 Å². The van der Waals surface area contributed by atoms with Crippen molar-refractivity contribution in [3.63, 3.8) is 0 Å². The molecule has 2 aromatic carbocycles. The van der Waals surface area contributed by atoms with Gasteiger partial charge in [0.1, 0.15) is 0 Å². The van der Waals surface area contributed by atoms with Gasteiger partial charge in [-0.3, -0.25) is 14.9 Å². The van der Waals surface area contributed by atoms with E-state index in [2.05, 4.69) is 0 Å². The molecule has 0 aliphatic rings. The molecular weight excluding hydrogens is 298 g/mol. The van der Waals surface area contributed by atoms with E-state index in [0.29, 0.717) is 5.56 Å². The zero-order valence-corrected chi connectivity index (χ0v) is 12.7. The number of carbonyl (C=O) groups is 2. The van der Waals surface area contributed by atoms with Crippen LogP contribution in [0.5, 0.6) is 0 Å². The highest BCUT2D eigenvalue weighted by Gasteiger charge is 2.21. The zero-order chi connectivity index (χ0) is 17.0. The van der Waals surface area contributed by atoms with E-state index in [0.717, 1.165) is 11.6 Å². The lowest BCUT2D eigenvalue weighted by Crippen LogP contribution is -2.24. The molecule has 6 heteroatoms. The van der Waals surface area contributed by atoms with Crippen LogP contribution in [0.1, 0.15) is 33.2 Å². The molecule has 0 bridgehead atoms. The molecular formula is C17H15NO5. The van der Waals surface area contributed by atoms with Crippen LogP contribution in [0, 0.1) is 17.0 Å². The summed E-state index contributed by atoms with van der Waals surface area (Å²) in [4.78, 5) is 34.4. The van der Waals surface area contributed by atoms with Crippen LogP contribution >= 0.6 is 0 Å². The van der Waals surface area contributed by atoms with Gasteiger partial charge in [-0.15, -0.1) is 0 Å². The molecule has 118 valence electrons. The Morgan fingerprint density at radius 1 is 1.09 bits per heavy atom. The fourth-order valence-corrected chi connectivity index (χ4v) is 1.98. The van der Waals surface area contributed by atoms with E-state index in [1.165, 1.54) is 25.1 Å². The topological polar surface area (TPSA) is 86.5 Å². The van der Waals surface area contributed by atoms with Gasteiger partial charge in [-0.25, -0.2) is 4.79 Å². The summed E-state index contributed by atoms with van der Waals surface area (Å²) in [7, 11) is 0. The van der Waals surface area contributed by atoms with Gasteiger partial charge in [0.15, 0.2) is 6.10 Å². The van der Waals surface area contributed by atoms with E-state index in [9.17, 15) is 19.7 Å². The Labute approximate surface area is 132 Å². The normalized spacial score (nSPS) is 11.6. The van der Waals surface area contributed by atoms with Crippen molar-refractivity contribution in [2.75, 3.05) is 0 Å². The quantitative estimate of drug-likeness (QED) is 0.366. The highest BCUT2D eigenvalue weighted by atomic mass is 16.6. The van der Waals surface area contributed by atoms with Gasteiger partial charge >= 0.3 is 5.97 Å². The summed E-state index contributed by atoms with van der Waals surface area (Å²) >= 11 is 0. The van der Waals surface area contributed by atoms with E-state index in [4.69, 9.17) is 4.74 Å². The first-order valence-corrected chi connectivity index (χ1v) is 6.95. The van der Waals surface area contributed by atoms with Crippen molar-refractivity contribution in [2.24, 2.45) is 0 Å². The number of non-ortho nitro benzene ring substituents is 1. The summed E-state index contributed by atoms with van der Waals surface area (Å²) in [6.07, 6.45) is -0.982. The standard InChI is InChI=1S/C17H15NO5/c1-11-6-8-13(9-7-11)16(19)12(2)23-17(20)14-4-3-5-15(10-14)18(21)22/h3-10,12H,1-2H3/t12-/m1/s1. The van der Waals surface area contributed by atoms with Crippen LogP contribution in [0.2, 0.25) is 0 Å². The number of nitro groups is 1. The Hall–Kier alpha value is -3.02. The van der Waals surface area contributed by atoms with Crippen LogP contribution in [0.25, 0.3) is 0 Å². The molecule has 0 amide bonds. The molecule has 0 aliphatic heterocycles. The number of esters is 1. The summed E-state index contributed by atoms with van der Waals surface area (Å²) in [5.74, 6) is -1.11. The molecule has 0 heterocycles. The van der Waals surface area contributed by atoms with Crippen molar-refractivity contribution in [3.8, 4) is 0 Å². The smallest absolute Gasteiger partial charge is 0.339 e. The maximum Gasteiger partial charge on any atom is 0.339 e. The number of ether oxygens (including phenoxy) is 1. The van der Waals surface area contributed by atoms with Gasteiger partial charge in [0.2, 0.25) is 5.78 Å². The van der Waals surface area contributed by atoms with Crippen LogP contribution < -0.4 is 0 Å². The molecule has 0 aliphatic carbocycles. The summed E-state index contributed by atoms with van der Waals surface area (Å²) in [5, 5.41) is 10.7. The minimum absolute atomic E-state index is 0.0303. The average molecular weight is 313 g/mol. The fourth-order valence-electron chi connectivity index (χ4n) is 1.98. The highest BCUT2D eigenvalue weighted by Crippen LogP contribution is 2.15. The third-order valence-electron chi connectivity index (χ3n) is 3.28. The van der Waals surface area contributed by atoms with Crippen LogP contribution in [-0.4, -0.2) is 22.8 Å². The number of Topliss-reactive ketones (excluding diaryl/α,β-unsaturated/α-hetero) is 1. The molecule has 6 nitrogen and oxygen atoms in total. The van der Waals surface area contributed by atoms with Gasteiger partial charge in [0, 0.05) is 17.7 Å². The van der Waals surface area contributed by atoms with Gasteiger partial charge in [-0.1, -0.05) is 35.9 Å². The van der Waals surface area contributed by atoms with Crippen molar-refractivity contribution in [3.05, 3.63) is 75.3 Å². The fraction of sp³-hybridized carbons (Fsp3) is 0.176. The Morgan fingerprint density at radius 2 is 1.74 bits per heavy atom. The van der Waals surface area contributed by atoms with E-state index >= 15 is 0 Å². The zero-order valence-electron chi connectivity index (χ0n) is 12.7. The first-order chi connectivity index (χ1) is 10.9. The lowest BCUT2D eigenvalue weighted by Gasteiger charge is -2.12. The first kappa shape index (κ1) is 16.4. The molecule has 0 unspecified atom stereocenters. The number of hydrogen-bond acceptors (Lipinski definition) is 5. The monoisotopic (exact) mass is 313 g/mol. The summed E-state index contributed by atoms with van der Waals surface area (Å²) < 4.78 is 5.11. The predicted octanol–water partition coefficient (Wildman–Crippen LogP) is 3.33. The molecule has 1 atom stereocenters. The van der Waals surface area contributed by atoms with Crippen molar-refractivity contribution in [1.82, 2.24) is 0 Å². The van der Waals surface area contributed by atoms with Gasteiger partial charge < -0.3 is 4.74 Å². The SMILES string of the molecule is Cc1ccc(C(=O)[C@@H](C)OC(=O)c2cccc([N+](=O)[O-])c2)cc1. The molecule has 0 saturated heterocycles. The Balaban J connectivity index is 2.10. The van der Waals surface area contributed by atoms with Crippen molar-refractivity contribution < 1.29 is 19.2 Å². The number of hydrogen-bond donors (Lipinski definition) is 0. The van der Waals surface area contributed by atoms with Crippen LogP contribution in [0.15, 0.2) is 48.5 Å². The Morgan fingerprint density at radius 3 is 2.35 bits per heavy atom. The van der Waals surface area contributed by atoms with E-state index in [-0.39, 0.29) is 17.0 Å². The van der Waals surface area contributed by atoms with Crippen LogP contribution in [0.3, 0.4) is 0 Å². The minimum Gasteiger partial charge on any atom is -0.451 e. The number of rotatable bonds is 5. The summed E-state index contributed by atoms with van der Waals surface area (Å²) in [5.41, 5.74) is 1.28. The highest BCUT2D eigenvalue weighted by molar-refractivity contribution is 6.01. The molecule has 2 aromatic rings. The number of nitrogens with zero attached hydrogens (tertiary/aromatic N) is 1. The largest absolute Gasteiger partial charge is 0.451 e. The molecule has 0 fully saturated rings. The average Bonchev–Trinajstić information content (AvgIpc) is 2.54.